The molecule has 0 radical (unpaired) electrons. The van der Waals surface area contributed by atoms with E-state index >= 15 is 0 Å². The van der Waals surface area contributed by atoms with Gasteiger partial charge >= 0.3 is 5.97 Å². The summed E-state index contributed by atoms with van der Waals surface area (Å²) in [6, 6.07) is 23.8. The number of hydrogen-bond acceptors (Lipinski definition) is 6. The van der Waals surface area contributed by atoms with Gasteiger partial charge in [-0.1, -0.05) is 60.2 Å². The van der Waals surface area contributed by atoms with Crippen LogP contribution in [0.5, 0.6) is 0 Å². The number of hydrogen-bond donors (Lipinski definition) is 0. The monoisotopic (exact) mass is 541 g/mol. The van der Waals surface area contributed by atoms with Gasteiger partial charge in [0, 0.05) is 24.8 Å². The lowest BCUT2D eigenvalue weighted by Gasteiger charge is -2.07. The minimum absolute atomic E-state index is 0.0785. The zero-order valence-corrected chi connectivity index (χ0v) is 23.2. The molecule has 0 atom stereocenters. The van der Waals surface area contributed by atoms with E-state index in [1.807, 2.05) is 56.3 Å². The normalized spacial score (nSPS) is 10.4. The van der Waals surface area contributed by atoms with Crippen LogP contribution in [0.25, 0.3) is 0 Å². The van der Waals surface area contributed by atoms with Gasteiger partial charge in [-0.15, -0.1) is 0 Å². The van der Waals surface area contributed by atoms with Crippen molar-refractivity contribution in [3.8, 4) is 0 Å². The first-order valence-corrected chi connectivity index (χ1v) is 13.2. The highest BCUT2D eigenvalue weighted by atomic mass is 16.5. The molecular formula is C32H35N3O5. The number of carbonyl (C=O) groups excluding carboxylic acids is 2. The highest BCUT2D eigenvalue weighted by Crippen LogP contribution is 2.09. The SMILES string of the molecule is CCOC(=O)Cc1cccc(Cn2nc(C)ccc2=O)c1.Cc1cccc(CCC(=O)Cn2ccccc2=O)c1. The second-order valence-electron chi connectivity index (χ2n) is 9.47. The molecule has 4 aromatic rings. The molecule has 0 bridgehead atoms. The first kappa shape index (κ1) is 30.0. The minimum Gasteiger partial charge on any atom is -0.466 e. The van der Waals surface area contributed by atoms with Crippen LogP contribution in [-0.4, -0.2) is 32.7 Å². The van der Waals surface area contributed by atoms with Crippen LogP contribution in [0.4, 0.5) is 0 Å². The van der Waals surface area contributed by atoms with Gasteiger partial charge in [0.1, 0.15) is 0 Å². The Kier molecular flexibility index (Phi) is 11.3. The molecule has 0 unspecified atom stereocenters. The Hall–Kier alpha value is -4.59. The van der Waals surface area contributed by atoms with E-state index in [1.54, 1.807) is 31.3 Å². The maximum absolute atomic E-state index is 11.9. The first-order valence-electron chi connectivity index (χ1n) is 13.2. The lowest BCUT2D eigenvalue weighted by Crippen LogP contribution is -2.23. The van der Waals surface area contributed by atoms with E-state index in [-0.39, 0.29) is 35.8 Å². The summed E-state index contributed by atoms with van der Waals surface area (Å²) >= 11 is 0. The van der Waals surface area contributed by atoms with E-state index in [1.165, 1.54) is 26.9 Å². The standard InChI is InChI=1S/C16H18N2O3.C16H17NO2/c1-3-21-16(20)10-13-5-4-6-14(9-13)11-18-15(19)8-7-12(2)17-18;1-13-5-4-6-14(11-13)8-9-15(18)12-17-10-3-2-7-16(17)19/h4-9H,3,10-11H2,1-2H3;2-7,10-11H,8-9,12H2,1H3. The van der Waals surface area contributed by atoms with Crippen molar-refractivity contribution >= 4 is 11.8 Å². The van der Waals surface area contributed by atoms with Crippen molar-refractivity contribution in [2.24, 2.45) is 0 Å². The molecule has 208 valence electrons. The van der Waals surface area contributed by atoms with Gasteiger partial charge in [-0.3, -0.25) is 19.2 Å². The van der Waals surface area contributed by atoms with Crippen molar-refractivity contribution < 1.29 is 14.3 Å². The molecule has 0 saturated heterocycles. The second kappa shape index (κ2) is 15.1. The molecule has 0 aliphatic carbocycles. The molecule has 2 heterocycles. The number of rotatable bonds is 10. The Balaban J connectivity index is 0.000000222. The van der Waals surface area contributed by atoms with Gasteiger partial charge in [-0.25, -0.2) is 4.68 Å². The molecule has 40 heavy (non-hydrogen) atoms. The van der Waals surface area contributed by atoms with E-state index in [0.29, 0.717) is 19.6 Å². The zero-order chi connectivity index (χ0) is 28.9. The van der Waals surface area contributed by atoms with Gasteiger partial charge in [0.05, 0.1) is 31.8 Å². The Morgan fingerprint density at radius 3 is 2.33 bits per heavy atom. The Bertz CT molecular complexity index is 1550. The maximum atomic E-state index is 11.9. The van der Waals surface area contributed by atoms with Crippen molar-refractivity contribution in [2.75, 3.05) is 6.61 Å². The molecule has 0 saturated carbocycles. The van der Waals surface area contributed by atoms with Crippen molar-refractivity contribution in [1.82, 2.24) is 14.3 Å². The summed E-state index contributed by atoms with van der Waals surface area (Å²) in [7, 11) is 0. The fraction of sp³-hybridized carbons (Fsp3) is 0.281. The van der Waals surface area contributed by atoms with E-state index in [2.05, 4.69) is 11.2 Å². The first-order chi connectivity index (χ1) is 19.2. The lowest BCUT2D eigenvalue weighted by molar-refractivity contribution is -0.142. The summed E-state index contributed by atoms with van der Waals surface area (Å²) in [5, 5.41) is 4.20. The summed E-state index contributed by atoms with van der Waals surface area (Å²) in [5.41, 5.74) is 4.67. The zero-order valence-electron chi connectivity index (χ0n) is 23.2. The number of carbonyl (C=O) groups is 2. The summed E-state index contributed by atoms with van der Waals surface area (Å²) in [4.78, 5) is 46.6. The van der Waals surface area contributed by atoms with Gasteiger partial charge in [0.25, 0.3) is 11.1 Å². The van der Waals surface area contributed by atoms with Crippen LogP contribution in [0, 0.1) is 13.8 Å². The smallest absolute Gasteiger partial charge is 0.310 e. The fourth-order valence-electron chi connectivity index (χ4n) is 4.07. The van der Waals surface area contributed by atoms with E-state index in [4.69, 9.17) is 4.74 Å². The summed E-state index contributed by atoms with van der Waals surface area (Å²) in [5.74, 6) is -0.171. The van der Waals surface area contributed by atoms with Gasteiger partial charge in [-0.2, -0.15) is 5.10 Å². The number of ether oxygens (including phenoxy) is 1. The van der Waals surface area contributed by atoms with Crippen LogP contribution >= 0.6 is 0 Å². The molecule has 2 aromatic heterocycles. The average molecular weight is 542 g/mol. The molecule has 0 aliphatic rings. The fourth-order valence-corrected chi connectivity index (χ4v) is 4.07. The van der Waals surface area contributed by atoms with Crippen molar-refractivity contribution in [3.05, 3.63) is 134 Å². The van der Waals surface area contributed by atoms with E-state index in [9.17, 15) is 19.2 Å². The number of esters is 1. The summed E-state index contributed by atoms with van der Waals surface area (Å²) in [6.07, 6.45) is 3.07. The lowest BCUT2D eigenvalue weighted by atomic mass is 10.1. The molecule has 8 heteroatoms. The number of aryl methyl sites for hydroxylation is 3. The molecule has 0 amide bonds. The number of benzene rings is 2. The van der Waals surface area contributed by atoms with Crippen LogP contribution < -0.4 is 11.1 Å². The summed E-state index contributed by atoms with van der Waals surface area (Å²) in [6.45, 7) is 6.58. The quantitative estimate of drug-likeness (QED) is 0.281. The predicted octanol–water partition coefficient (Wildman–Crippen LogP) is 4.06. The van der Waals surface area contributed by atoms with Crippen LogP contribution in [0.15, 0.2) is 94.6 Å². The maximum Gasteiger partial charge on any atom is 0.310 e. The highest BCUT2D eigenvalue weighted by molar-refractivity contribution is 5.78. The molecule has 0 N–H and O–H groups in total. The Morgan fingerprint density at radius 2 is 1.57 bits per heavy atom. The van der Waals surface area contributed by atoms with Crippen molar-refractivity contribution in [2.45, 2.75) is 53.1 Å². The number of aromatic nitrogens is 3. The molecular weight excluding hydrogens is 506 g/mol. The van der Waals surface area contributed by atoms with Crippen molar-refractivity contribution in [1.29, 1.82) is 0 Å². The van der Waals surface area contributed by atoms with Crippen LogP contribution in [0.3, 0.4) is 0 Å². The van der Waals surface area contributed by atoms with Crippen molar-refractivity contribution in [3.63, 3.8) is 0 Å². The van der Waals surface area contributed by atoms with Gasteiger partial charge in [0.2, 0.25) is 0 Å². The van der Waals surface area contributed by atoms with E-state index in [0.717, 1.165) is 28.8 Å². The molecule has 8 nitrogen and oxygen atoms in total. The van der Waals surface area contributed by atoms with Gasteiger partial charge in [0.15, 0.2) is 5.78 Å². The number of nitrogens with zero attached hydrogens (tertiary/aromatic N) is 3. The molecule has 0 fully saturated rings. The van der Waals surface area contributed by atoms with Crippen LogP contribution in [-0.2, 0) is 40.3 Å². The number of pyridine rings is 1. The molecule has 4 rings (SSSR count). The van der Waals surface area contributed by atoms with E-state index < -0.39 is 0 Å². The Morgan fingerprint density at radius 1 is 0.825 bits per heavy atom. The third kappa shape index (κ3) is 9.94. The Labute approximate surface area is 233 Å². The third-order valence-electron chi connectivity index (χ3n) is 6.00. The average Bonchev–Trinajstić information content (AvgIpc) is 2.92. The largest absolute Gasteiger partial charge is 0.466 e. The number of ketones is 1. The number of Topliss-reactive ketones (excluding diaryl/α,β-unsaturated/α-hetero) is 1. The van der Waals surface area contributed by atoms with Crippen LogP contribution in [0.2, 0.25) is 0 Å². The highest BCUT2D eigenvalue weighted by Gasteiger charge is 2.07. The molecule has 0 aliphatic heterocycles. The molecule has 2 aromatic carbocycles. The molecule has 0 spiro atoms. The topological polar surface area (TPSA) is 100 Å². The van der Waals surface area contributed by atoms with Crippen LogP contribution in [0.1, 0.15) is 41.3 Å². The third-order valence-corrected chi connectivity index (χ3v) is 6.00. The minimum atomic E-state index is -0.250. The summed E-state index contributed by atoms with van der Waals surface area (Å²) < 4.78 is 7.79. The predicted molar refractivity (Wildman–Crippen MR) is 154 cm³/mol. The van der Waals surface area contributed by atoms with Gasteiger partial charge < -0.3 is 9.30 Å². The second-order valence-corrected chi connectivity index (χ2v) is 9.47. The van der Waals surface area contributed by atoms with Gasteiger partial charge in [-0.05, 0) is 56.0 Å².